The Kier molecular flexibility index (Phi) is 9.40. The Morgan fingerprint density at radius 1 is 1.08 bits per heavy atom. The standard InChI is InChI=1S/C23H28N4O6S3/c1-6-33-17-9-7-16(8-10-17)27(14-21(28)24-22-25-26-23(35-22)34-15(2)3)36(29,30)18-11-12-19(31-4)20(13-18)32-5/h7-13,15H,6,14H2,1-5H3,(H,24,25,28). The maximum absolute atomic E-state index is 13.7. The Labute approximate surface area is 219 Å². The van der Waals surface area contributed by atoms with Gasteiger partial charge >= 0.3 is 0 Å². The monoisotopic (exact) mass is 552 g/mol. The lowest BCUT2D eigenvalue weighted by molar-refractivity contribution is -0.114. The summed E-state index contributed by atoms with van der Waals surface area (Å²) in [5, 5.41) is 11.3. The van der Waals surface area contributed by atoms with Gasteiger partial charge in [0.1, 0.15) is 12.3 Å². The highest BCUT2D eigenvalue weighted by atomic mass is 32.2. The van der Waals surface area contributed by atoms with Gasteiger partial charge < -0.3 is 14.2 Å². The first kappa shape index (κ1) is 27.6. The molecule has 10 nitrogen and oxygen atoms in total. The van der Waals surface area contributed by atoms with E-state index in [4.69, 9.17) is 14.2 Å². The SMILES string of the molecule is CCOc1ccc(N(CC(=O)Nc2nnc(SC(C)C)s2)S(=O)(=O)c2ccc(OC)c(OC)c2)cc1. The van der Waals surface area contributed by atoms with Crippen LogP contribution in [0.5, 0.6) is 17.2 Å². The third-order valence-electron chi connectivity index (χ3n) is 4.66. The lowest BCUT2D eigenvalue weighted by atomic mass is 10.3. The van der Waals surface area contributed by atoms with Crippen molar-refractivity contribution in [1.82, 2.24) is 10.2 Å². The van der Waals surface area contributed by atoms with E-state index in [-0.39, 0.29) is 16.3 Å². The van der Waals surface area contributed by atoms with Crippen LogP contribution in [0, 0.1) is 0 Å². The maximum Gasteiger partial charge on any atom is 0.264 e. The van der Waals surface area contributed by atoms with Gasteiger partial charge in [0.25, 0.3) is 10.0 Å². The summed E-state index contributed by atoms with van der Waals surface area (Å²) in [5.74, 6) is 0.648. The van der Waals surface area contributed by atoms with Gasteiger partial charge in [0.05, 0.1) is 31.4 Å². The largest absolute Gasteiger partial charge is 0.494 e. The average Bonchev–Trinajstić information content (AvgIpc) is 3.28. The number of nitrogens with one attached hydrogen (secondary N) is 1. The van der Waals surface area contributed by atoms with E-state index in [0.29, 0.717) is 32.8 Å². The zero-order chi connectivity index (χ0) is 26.3. The molecule has 13 heteroatoms. The van der Waals surface area contributed by atoms with Crippen LogP contribution >= 0.6 is 23.1 Å². The summed E-state index contributed by atoms with van der Waals surface area (Å²) in [6.45, 7) is 5.88. The first-order chi connectivity index (χ1) is 17.2. The molecule has 0 aliphatic rings. The highest BCUT2D eigenvalue weighted by Gasteiger charge is 2.29. The number of rotatable bonds is 12. The van der Waals surface area contributed by atoms with Crippen molar-refractivity contribution in [2.45, 2.75) is 35.3 Å². The molecule has 0 unspecified atom stereocenters. The zero-order valence-electron chi connectivity index (χ0n) is 20.5. The van der Waals surface area contributed by atoms with E-state index in [1.165, 1.54) is 55.5 Å². The van der Waals surface area contributed by atoms with Gasteiger partial charge in [-0.2, -0.15) is 0 Å². The molecule has 0 radical (unpaired) electrons. The fourth-order valence-corrected chi connectivity index (χ4v) is 6.52. The number of sulfonamides is 1. The Bertz CT molecular complexity index is 1280. The van der Waals surface area contributed by atoms with Gasteiger partial charge in [0, 0.05) is 11.3 Å². The molecule has 2 aromatic carbocycles. The molecule has 0 atom stereocenters. The van der Waals surface area contributed by atoms with Crippen molar-refractivity contribution in [1.29, 1.82) is 0 Å². The number of carbonyl (C=O) groups excluding carboxylic acids is 1. The summed E-state index contributed by atoms with van der Waals surface area (Å²) in [4.78, 5) is 12.9. The molecule has 0 saturated carbocycles. The third kappa shape index (κ3) is 6.80. The smallest absolute Gasteiger partial charge is 0.264 e. The van der Waals surface area contributed by atoms with Gasteiger partial charge in [-0.25, -0.2) is 8.42 Å². The molecule has 3 aromatic rings. The summed E-state index contributed by atoms with van der Waals surface area (Å²) in [7, 11) is -1.30. The first-order valence-corrected chi connectivity index (χ1v) is 14.1. The van der Waals surface area contributed by atoms with E-state index in [1.54, 1.807) is 24.3 Å². The molecule has 194 valence electrons. The normalized spacial score (nSPS) is 11.3. The molecule has 1 aromatic heterocycles. The minimum atomic E-state index is -4.18. The predicted octanol–water partition coefficient (Wildman–Crippen LogP) is 4.29. The number of nitrogens with zero attached hydrogens (tertiary/aromatic N) is 3. The maximum atomic E-state index is 13.7. The van der Waals surface area contributed by atoms with E-state index in [1.807, 2.05) is 20.8 Å². The van der Waals surface area contributed by atoms with Gasteiger partial charge in [-0.3, -0.25) is 14.4 Å². The minimum Gasteiger partial charge on any atom is -0.494 e. The number of aromatic nitrogens is 2. The number of thioether (sulfide) groups is 1. The van der Waals surface area contributed by atoms with Gasteiger partial charge in [0.15, 0.2) is 15.8 Å². The van der Waals surface area contributed by atoms with Crippen molar-refractivity contribution >= 4 is 49.8 Å². The van der Waals surface area contributed by atoms with Crippen LogP contribution < -0.4 is 23.8 Å². The van der Waals surface area contributed by atoms with Crippen molar-refractivity contribution in [3.05, 3.63) is 42.5 Å². The molecule has 0 fully saturated rings. The second kappa shape index (κ2) is 12.3. The number of benzene rings is 2. The summed E-state index contributed by atoms with van der Waals surface area (Å²) in [6.07, 6.45) is 0. The van der Waals surface area contributed by atoms with Crippen LogP contribution in [-0.4, -0.2) is 57.1 Å². The number of hydrogen-bond acceptors (Lipinski definition) is 10. The van der Waals surface area contributed by atoms with Gasteiger partial charge in [0.2, 0.25) is 11.0 Å². The van der Waals surface area contributed by atoms with Crippen LogP contribution in [0.4, 0.5) is 10.8 Å². The van der Waals surface area contributed by atoms with Crippen LogP contribution in [-0.2, 0) is 14.8 Å². The number of hydrogen-bond donors (Lipinski definition) is 1. The second-order valence-electron chi connectivity index (χ2n) is 7.54. The molecule has 0 aliphatic carbocycles. The summed E-state index contributed by atoms with van der Waals surface area (Å²) in [6, 6.07) is 10.7. The van der Waals surface area contributed by atoms with Crippen LogP contribution in [0.1, 0.15) is 20.8 Å². The number of anilines is 2. The first-order valence-electron chi connectivity index (χ1n) is 11.0. The lowest BCUT2D eigenvalue weighted by Crippen LogP contribution is -2.38. The summed E-state index contributed by atoms with van der Waals surface area (Å²) >= 11 is 2.75. The highest BCUT2D eigenvalue weighted by molar-refractivity contribution is 8.01. The second-order valence-corrected chi connectivity index (χ2v) is 12.2. The minimum absolute atomic E-state index is 0.0617. The van der Waals surface area contributed by atoms with Crippen molar-refractivity contribution in [2.24, 2.45) is 0 Å². The molecule has 0 bridgehead atoms. The van der Waals surface area contributed by atoms with Crippen LogP contribution in [0.2, 0.25) is 0 Å². The topological polar surface area (TPSA) is 120 Å². The molecule has 3 rings (SSSR count). The van der Waals surface area contributed by atoms with E-state index in [9.17, 15) is 13.2 Å². The molecular weight excluding hydrogens is 524 g/mol. The number of ether oxygens (including phenoxy) is 3. The average molecular weight is 553 g/mol. The molecule has 1 heterocycles. The molecule has 0 spiro atoms. The van der Waals surface area contributed by atoms with E-state index in [2.05, 4.69) is 15.5 Å². The summed E-state index contributed by atoms with van der Waals surface area (Å²) < 4.78 is 45.1. The number of methoxy groups -OCH3 is 2. The number of amides is 1. The fourth-order valence-electron chi connectivity index (χ4n) is 3.09. The van der Waals surface area contributed by atoms with Crippen LogP contribution in [0.25, 0.3) is 0 Å². The molecule has 0 saturated heterocycles. The molecule has 1 amide bonds. The van der Waals surface area contributed by atoms with Gasteiger partial charge in [-0.15, -0.1) is 10.2 Å². The Balaban J connectivity index is 1.93. The highest BCUT2D eigenvalue weighted by Crippen LogP contribution is 2.33. The van der Waals surface area contributed by atoms with Crippen molar-refractivity contribution < 1.29 is 27.4 Å². The van der Waals surface area contributed by atoms with Crippen LogP contribution in [0.15, 0.2) is 51.7 Å². The summed E-state index contributed by atoms with van der Waals surface area (Å²) in [5.41, 5.74) is 0.289. The van der Waals surface area contributed by atoms with E-state index < -0.39 is 22.5 Å². The van der Waals surface area contributed by atoms with Crippen molar-refractivity contribution in [3.63, 3.8) is 0 Å². The van der Waals surface area contributed by atoms with Crippen molar-refractivity contribution in [3.8, 4) is 17.2 Å². The predicted molar refractivity (Wildman–Crippen MR) is 141 cm³/mol. The van der Waals surface area contributed by atoms with Gasteiger partial charge in [-0.1, -0.05) is 36.9 Å². The van der Waals surface area contributed by atoms with Gasteiger partial charge in [-0.05, 0) is 43.3 Å². The Morgan fingerprint density at radius 2 is 1.78 bits per heavy atom. The molecular formula is C23H28N4O6S3. The zero-order valence-corrected chi connectivity index (χ0v) is 23.0. The molecule has 1 N–H and O–H groups in total. The van der Waals surface area contributed by atoms with Crippen molar-refractivity contribution in [2.75, 3.05) is 37.0 Å². The lowest BCUT2D eigenvalue weighted by Gasteiger charge is -2.24. The molecule has 0 aliphatic heterocycles. The quantitative estimate of drug-likeness (QED) is 0.259. The van der Waals surface area contributed by atoms with E-state index >= 15 is 0 Å². The Morgan fingerprint density at radius 3 is 2.39 bits per heavy atom. The third-order valence-corrected chi connectivity index (χ3v) is 8.35. The molecule has 36 heavy (non-hydrogen) atoms. The Hall–Kier alpha value is -3.03. The fraction of sp³-hybridized carbons (Fsp3) is 0.348. The number of carbonyl (C=O) groups is 1. The van der Waals surface area contributed by atoms with E-state index in [0.717, 1.165) is 4.31 Å². The van der Waals surface area contributed by atoms with Crippen LogP contribution in [0.3, 0.4) is 0 Å².